The Morgan fingerprint density at radius 2 is 1.83 bits per heavy atom. The summed E-state index contributed by atoms with van der Waals surface area (Å²) in [5.41, 5.74) is 1.45. The predicted octanol–water partition coefficient (Wildman–Crippen LogP) is 1.37. The molecule has 126 valence electrons. The molecule has 6 nitrogen and oxygen atoms in total. The molecule has 1 atom stereocenters. The summed E-state index contributed by atoms with van der Waals surface area (Å²) >= 11 is 0. The van der Waals surface area contributed by atoms with Gasteiger partial charge in [-0.05, 0) is 30.9 Å². The summed E-state index contributed by atoms with van der Waals surface area (Å²) in [4.78, 5) is 38.8. The molecule has 1 aromatic carbocycles. The second kappa shape index (κ2) is 6.11. The fraction of sp³-hybridized carbons (Fsp3) is 0.389. The molecule has 0 bridgehead atoms. The number of hydrogen-bond acceptors (Lipinski definition) is 3. The second-order valence-electron chi connectivity index (χ2n) is 6.28. The quantitative estimate of drug-likeness (QED) is 0.837. The van der Waals surface area contributed by atoms with Crippen molar-refractivity contribution < 1.29 is 4.79 Å². The molecule has 1 fully saturated rings. The van der Waals surface area contributed by atoms with Gasteiger partial charge in [0.05, 0.1) is 6.04 Å². The van der Waals surface area contributed by atoms with Crippen LogP contribution in [0.1, 0.15) is 40.5 Å². The summed E-state index contributed by atoms with van der Waals surface area (Å²) in [6.07, 6.45) is 1.79. The minimum atomic E-state index is -0.488. The third-order valence-corrected chi connectivity index (χ3v) is 4.81. The minimum Gasteiger partial charge on any atom is -0.330 e. The molecule has 2 aromatic rings. The van der Waals surface area contributed by atoms with Crippen LogP contribution in [0.3, 0.4) is 0 Å². The zero-order valence-corrected chi connectivity index (χ0v) is 14.2. The largest absolute Gasteiger partial charge is 0.331 e. The third kappa shape index (κ3) is 2.58. The first-order valence-electron chi connectivity index (χ1n) is 8.05. The molecule has 1 aliphatic rings. The monoisotopic (exact) mass is 327 g/mol. The maximum atomic E-state index is 13.0. The molecule has 24 heavy (non-hydrogen) atoms. The van der Waals surface area contributed by atoms with Gasteiger partial charge < -0.3 is 4.90 Å². The van der Waals surface area contributed by atoms with Crippen LogP contribution in [0.25, 0.3) is 0 Å². The molecule has 1 amide bonds. The first-order chi connectivity index (χ1) is 11.4. The Hall–Kier alpha value is -2.63. The fourth-order valence-corrected chi connectivity index (χ4v) is 3.38. The maximum Gasteiger partial charge on any atom is 0.331 e. The molecular weight excluding hydrogens is 306 g/mol. The molecular formula is C18H21N3O3. The van der Waals surface area contributed by atoms with Gasteiger partial charge in [0.1, 0.15) is 5.69 Å². The number of aromatic nitrogens is 2. The second-order valence-corrected chi connectivity index (χ2v) is 6.28. The molecule has 0 N–H and O–H groups in total. The first kappa shape index (κ1) is 16.2. The molecule has 1 aromatic heterocycles. The van der Waals surface area contributed by atoms with Crippen molar-refractivity contribution in [1.29, 1.82) is 0 Å². The fourth-order valence-electron chi connectivity index (χ4n) is 3.38. The number of nitrogens with zero attached hydrogens (tertiary/aromatic N) is 3. The van der Waals surface area contributed by atoms with E-state index in [1.165, 1.54) is 24.7 Å². The van der Waals surface area contributed by atoms with E-state index in [0.717, 1.165) is 28.5 Å². The van der Waals surface area contributed by atoms with Crippen LogP contribution in [0.4, 0.5) is 0 Å². The van der Waals surface area contributed by atoms with Crippen molar-refractivity contribution in [1.82, 2.24) is 14.0 Å². The highest BCUT2D eigenvalue weighted by atomic mass is 16.2. The molecule has 0 radical (unpaired) electrons. The van der Waals surface area contributed by atoms with E-state index in [4.69, 9.17) is 0 Å². The van der Waals surface area contributed by atoms with Crippen LogP contribution in [-0.2, 0) is 14.1 Å². The number of benzene rings is 1. The van der Waals surface area contributed by atoms with Gasteiger partial charge in [0.25, 0.3) is 11.5 Å². The number of hydrogen-bond donors (Lipinski definition) is 0. The Labute approximate surface area is 140 Å². The summed E-state index contributed by atoms with van der Waals surface area (Å²) in [7, 11) is 2.93. The summed E-state index contributed by atoms with van der Waals surface area (Å²) in [6, 6.07) is 9.25. The van der Waals surface area contributed by atoms with Crippen molar-refractivity contribution in [2.75, 3.05) is 6.54 Å². The van der Waals surface area contributed by atoms with Crippen LogP contribution in [0.5, 0.6) is 0 Å². The maximum absolute atomic E-state index is 13.0. The van der Waals surface area contributed by atoms with Crippen molar-refractivity contribution in [3.8, 4) is 0 Å². The molecule has 3 rings (SSSR count). The predicted molar refractivity (Wildman–Crippen MR) is 91.1 cm³/mol. The Kier molecular flexibility index (Phi) is 4.13. The lowest BCUT2D eigenvalue weighted by atomic mass is 9.99. The van der Waals surface area contributed by atoms with Gasteiger partial charge in [-0.3, -0.25) is 18.7 Å². The van der Waals surface area contributed by atoms with Gasteiger partial charge in [-0.2, -0.15) is 0 Å². The average molecular weight is 327 g/mol. The van der Waals surface area contributed by atoms with E-state index >= 15 is 0 Å². The number of amides is 1. The van der Waals surface area contributed by atoms with Crippen LogP contribution in [0, 0.1) is 6.92 Å². The van der Waals surface area contributed by atoms with E-state index < -0.39 is 11.2 Å². The zero-order chi connectivity index (χ0) is 17.4. The molecule has 1 saturated heterocycles. The Bertz CT molecular complexity index is 910. The first-order valence-corrected chi connectivity index (χ1v) is 8.05. The van der Waals surface area contributed by atoms with Crippen molar-refractivity contribution in [3.63, 3.8) is 0 Å². The normalized spacial score (nSPS) is 17.3. The number of aryl methyl sites for hydroxylation is 1. The third-order valence-electron chi connectivity index (χ3n) is 4.81. The van der Waals surface area contributed by atoms with Gasteiger partial charge in [0.2, 0.25) is 0 Å². The topological polar surface area (TPSA) is 64.3 Å². The average Bonchev–Trinajstić information content (AvgIpc) is 3.05. The van der Waals surface area contributed by atoms with Gasteiger partial charge in [-0.1, -0.05) is 24.3 Å². The van der Waals surface area contributed by atoms with Gasteiger partial charge in [-0.15, -0.1) is 0 Å². The van der Waals surface area contributed by atoms with E-state index in [0.29, 0.717) is 6.54 Å². The number of rotatable bonds is 2. The van der Waals surface area contributed by atoms with Gasteiger partial charge in [0, 0.05) is 26.7 Å². The molecule has 0 spiro atoms. The van der Waals surface area contributed by atoms with Gasteiger partial charge >= 0.3 is 5.69 Å². The number of carbonyl (C=O) groups excluding carboxylic acids is 1. The van der Waals surface area contributed by atoms with Crippen molar-refractivity contribution in [2.45, 2.75) is 25.8 Å². The molecule has 0 unspecified atom stereocenters. The van der Waals surface area contributed by atoms with Crippen molar-refractivity contribution in [2.24, 2.45) is 14.1 Å². The smallest absolute Gasteiger partial charge is 0.330 e. The number of carbonyl (C=O) groups is 1. The highest BCUT2D eigenvalue weighted by Crippen LogP contribution is 2.34. The van der Waals surface area contributed by atoms with Crippen LogP contribution in [0.2, 0.25) is 0 Å². The molecule has 2 heterocycles. The highest BCUT2D eigenvalue weighted by molar-refractivity contribution is 5.93. The Balaban J connectivity index is 2.03. The molecule has 6 heteroatoms. The van der Waals surface area contributed by atoms with E-state index in [9.17, 15) is 14.4 Å². The highest BCUT2D eigenvalue weighted by Gasteiger charge is 2.32. The number of likely N-dealkylation sites (tertiary alicyclic amines) is 1. The van der Waals surface area contributed by atoms with E-state index in [-0.39, 0.29) is 17.6 Å². The van der Waals surface area contributed by atoms with Crippen LogP contribution in [0.15, 0.2) is 39.9 Å². The Morgan fingerprint density at radius 1 is 1.12 bits per heavy atom. The van der Waals surface area contributed by atoms with Crippen molar-refractivity contribution in [3.05, 3.63) is 68.0 Å². The summed E-state index contributed by atoms with van der Waals surface area (Å²) in [5, 5.41) is 0. The van der Waals surface area contributed by atoms with E-state index in [2.05, 4.69) is 0 Å². The zero-order valence-electron chi connectivity index (χ0n) is 14.2. The Morgan fingerprint density at radius 3 is 2.54 bits per heavy atom. The standard InChI is InChI=1S/C18H21N3O3/c1-12-7-4-5-8-13(12)14-9-6-10-21(14)17(23)15-11-16(22)20(3)18(24)19(15)2/h4-5,7-8,11,14H,6,9-10H2,1-3H3/t14-/m1/s1. The lowest BCUT2D eigenvalue weighted by molar-refractivity contribution is 0.0723. The van der Waals surface area contributed by atoms with Crippen LogP contribution < -0.4 is 11.2 Å². The lowest BCUT2D eigenvalue weighted by Crippen LogP contribution is -2.42. The van der Waals surface area contributed by atoms with Crippen LogP contribution >= 0.6 is 0 Å². The van der Waals surface area contributed by atoms with E-state index in [1.807, 2.05) is 31.2 Å². The summed E-state index contributed by atoms with van der Waals surface area (Å²) in [6.45, 7) is 2.66. The summed E-state index contributed by atoms with van der Waals surface area (Å²) in [5.74, 6) is -0.266. The minimum absolute atomic E-state index is 0.0159. The van der Waals surface area contributed by atoms with Gasteiger partial charge in [-0.25, -0.2) is 4.79 Å². The van der Waals surface area contributed by atoms with Gasteiger partial charge in [0.15, 0.2) is 0 Å². The summed E-state index contributed by atoms with van der Waals surface area (Å²) < 4.78 is 2.25. The van der Waals surface area contributed by atoms with Crippen molar-refractivity contribution >= 4 is 5.91 Å². The van der Waals surface area contributed by atoms with E-state index in [1.54, 1.807) is 4.90 Å². The molecule has 0 saturated carbocycles. The lowest BCUT2D eigenvalue weighted by Gasteiger charge is -2.27. The molecule has 1 aliphatic heterocycles. The van der Waals surface area contributed by atoms with Crippen LogP contribution in [-0.4, -0.2) is 26.5 Å². The molecule has 0 aliphatic carbocycles. The SMILES string of the molecule is Cc1ccccc1[C@H]1CCCN1C(=O)c1cc(=O)n(C)c(=O)n1C.